The molecule has 6 heteroatoms. The number of rotatable bonds is 4. The molecule has 0 radical (unpaired) electrons. The number of nitrogens with zero attached hydrogens (tertiary/aromatic N) is 3. The van der Waals surface area contributed by atoms with Crippen LogP contribution in [0.25, 0.3) is 0 Å². The van der Waals surface area contributed by atoms with Crippen LogP contribution in [-0.4, -0.2) is 20.7 Å². The van der Waals surface area contributed by atoms with Crippen molar-refractivity contribution in [2.24, 2.45) is 7.05 Å². The minimum absolute atomic E-state index is 0.158. The second-order valence-electron chi connectivity index (χ2n) is 3.85. The van der Waals surface area contributed by atoms with Crippen molar-refractivity contribution in [2.75, 3.05) is 0 Å². The Labute approximate surface area is 110 Å². The monoisotopic (exact) mass is 264 g/mol. The summed E-state index contributed by atoms with van der Waals surface area (Å²) in [5, 5.41) is 6.84. The van der Waals surface area contributed by atoms with Crippen molar-refractivity contribution in [1.82, 2.24) is 20.1 Å². The highest BCUT2D eigenvalue weighted by molar-refractivity contribution is 6.17. The number of benzene rings is 1. The maximum atomic E-state index is 11.9. The molecule has 0 saturated heterocycles. The van der Waals surface area contributed by atoms with Crippen LogP contribution < -0.4 is 5.32 Å². The lowest BCUT2D eigenvalue weighted by molar-refractivity contribution is 0.0950. The lowest BCUT2D eigenvalue weighted by Gasteiger charge is -2.04. The van der Waals surface area contributed by atoms with E-state index in [4.69, 9.17) is 11.6 Å². The van der Waals surface area contributed by atoms with E-state index in [0.29, 0.717) is 23.8 Å². The quantitative estimate of drug-likeness (QED) is 0.851. The highest BCUT2D eigenvalue weighted by Gasteiger charge is 2.07. The Hall–Kier alpha value is -1.88. The van der Waals surface area contributed by atoms with Crippen LogP contribution in [0, 0.1) is 0 Å². The maximum Gasteiger partial charge on any atom is 0.251 e. The van der Waals surface area contributed by atoms with Crippen LogP contribution >= 0.6 is 11.6 Å². The summed E-state index contributed by atoms with van der Waals surface area (Å²) in [6, 6.07) is 7.21. The molecule has 5 nitrogen and oxygen atoms in total. The number of hydrogen-bond acceptors (Lipinski definition) is 3. The first-order chi connectivity index (χ1) is 8.69. The van der Waals surface area contributed by atoms with E-state index in [-0.39, 0.29) is 5.91 Å². The molecule has 1 amide bonds. The van der Waals surface area contributed by atoms with E-state index in [1.54, 1.807) is 30.2 Å². The summed E-state index contributed by atoms with van der Waals surface area (Å²) >= 11 is 5.72. The van der Waals surface area contributed by atoms with Crippen LogP contribution in [0.2, 0.25) is 0 Å². The number of alkyl halides is 1. The van der Waals surface area contributed by atoms with Gasteiger partial charge in [-0.15, -0.1) is 11.6 Å². The van der Waals surface area contributed by atoms with Crippen LogP contribution in [-0.2, 0) is 19.5 Å². The number of carbonyl (C=O) groups excluding carboxylic acids is 1. The molecule has 1 heterocycles. The molecule has 0 aliphatic heterocycles. The molecule has 1 aromatic carbocycles. The first kappa shape index (κ1) is 12.6. The average Bonchev–Trinajstić information content (AvgIpc) is 2.82. The normalized spacial score (nSPS) is 10.3. The van der Waals surface area contributed by atoms with Gasteiger partial charge in [0.25, 0.3) is 5.91 Å². The lowest BCUT2D eigenvalue weighted by Crippen LogP contribution is -2.23. The Kier molecular flexibility index (Phi) is 3.94. The summed E-state index contributed by atoms with van der Waals surface area (Å²) in [6.07, 6.45) is 1.59. The summed E-state index contributed by atoms with van der Waals surface area (Å²) in [7, 11) is 1.78. The molecule has 18 heavy (non-hydrogen) atoms. The second kappa shape index (κ2) is 5.64. The number of halogens is 1. The van der Waals surface area contributed by atoms with E-state index in [1.807, 2.05) is 12.1 Å². The van der Waals surface area contributed by atoms with Gasteiger partial charge in [0, 0.05) is 18.5 Å². The molecule has 0 spiro atoms. The number of aryl methyl sites for hydroxylation is 1. The van der Waals surface area contributed by atoms with Gasteiger partial charge in [0.2, 0.25) is 0 Å². The molecule has 0 atom stereocenters. The standard InChI is InChI=1S/C12H13ClN4O/c1-17-8-15-11(16-17)7-14-12(18)10-4-2-3-9(5-10)6-13/h2-5,8H,6-7H2,1H3,(H,14,18). The number of amides is 1. The van der Waals surface area contributed by atoms with Gasteiger partial charge in [0.05, 0.1) is 6.54 Å². The van der Waals surface area contributed by atoms with Crippen molar-refractivity contribution in [3.8, 4) is 0 Å². The van der Waals surface area contributed by atoms with E-state index < -0.39 is 0 Å². The molecule has 1 aromatic heterocycles. The smallest absolute Gasteiger partial charge is 0.251 e. The van der Waals surface area contributed by atoms with Crippen molar-refractivity contribution in [2.45, 2.75) is 12.4 Å². The van der Waals surface area contributed by atoms with Crippen molar-refractivity contribution >= 4 is 17.5 Å². The molecule has 2 aromatic rings. The average molecular weight is 265 g/mol. The Morgan fingerprint density at radius 3 is 3.00 bits per heavy atom. The zero-order valence-electron chi connectivity index (χ0n) is 9.93. The molecule has 0 saturated carbocycles. The van der Waals surface area contributed by atoms with E-state index in [0.717, 1.165) is 5.56 Å². The topological polar surface area (TPSA) is 59.8 Å². The molecular weight excluding hydrogens is 252 g/mol. The lowest BCUT2D eigenvalue weighted by atomic mass is 10.1. The Balaban J connectivity index is 1.99. The predicted octanol–water partition coefficient (Wildman–Crippen LogP) is 1.48. The molecule has 0 fully saturated rings. The molecule has 94 valence electrons. The Morgan fingerprint density at radius 1 is 1.50 bits per heavy atom. The molecule has 0 aliphatic rings. The predicted molar refractivity (Wildman–Crippen MR) is 68.2 cm³/mol. The third-order valence-corrected chi connectivity index (χ3v) is 2.71. The first-order valence-corrected chi connectivity index (χ1v) is 6.00. The van der Waals surface area contributed by atoms with Crippen molar-refractivity contribution in [3.05, 3.63) is 47.5 Å². The van der Waals surface area contributed by atoms with Crippen LogP contribution in [0.5, 0.6) is 0 Å². The van der Waals surface area contributed by atoms with E-state index in [9.17, 15) is 4.79 Å². The minimum atomic E-state index is -0.158. The van der Waals surface area contributed by atoms with Crippen molar-refractivity contribution in [1.29, 1.82) is 0 Å². The van der Waals surface area contributed by atoms with E-state index >= 15 is 0 Å². The van der Waals surface area contributed by atoms with Gasteiger partial charge >= 0.3 is 0 Å². The van der Waals surface area contributed by atoms with Gasteiger partial charge in [0.1, 0.15) is 6.33 Å². The molecule has 0 bridgehead atoms. The fourth-order valence-electron chi connectivity index (χ4n) is 1.52. The highest BCUT2D eigenvalue weighted by atomic mass is 35.5. The number of nitrogens with one attached hydrogen (secondary N) is 1. The minimum Gasteiger partial charge on any atom is -0.345 e. The summed E-state index contributed by atoms with van der Waals surface area (Å²) in [5.41, 5.74) is 1.50. The van der Waals surface area contributed by atoms with Gasteiger partial charge in [-0.05, 0) is 17.7 Å². The molecule has 0 unspecified atom stereocenters. The summed E-state index contributed by atoms with van der Waals surface area (Å²) < 4.78 is 1.59. The SMILES string of the molecule is Cn1cnc(CNC(=O)c2cccc(CCl)c2)n1. The second-order valence-corrected chi connectivity index (χ2v) is 4.12. The number of carbonyl (C=O) groups is 1. The molecular formula is C12H13ClN4O. The summed E-state index contributed by atoms with van der Waals surface area (Å²) in [5.74, 6) is 0.817. The van der Waals surface area contributed by atoms with E-state index in [1.165, 1.54) is 0 Å². The van der Waals surface area contributed by atoms with Crippen LogP contribution in [0.4, 0.5) is 0 Å². The van der Waals surface area contributed by atoms with Gasteiger partial charge < -0.3 is 5.32 Å². The maximum absolute atomic E-state index is 11.9. The van der Waals surface area contributed by atoms with Crippen molar-refractivity contribution in [3.63, 3.8) is 0 Å². The molecule has 1 N–H and O–H groups in total. The van der Waals surface area contributed by atoms with Crippen LogP contribution in [0.15, 0.2) is 30.6 Å². The zero-order chi connectivity index (χ0) is 13.0. The Bertz CT molecular complexity index is 553. The van der Waals surface area contributed by atoms with Crippen LogP contribution in [0.1, 0.15) is 21.7 Å². The number of aromatic nitrogens is 3. The first-order valence-electron chi connectivity index (χ1n) is 5.46. The van der Waals surface area contributed by atoms with Gasteiger partial charge in [-0.25, -0.2) is 4.98 Å². The van der Waals surface area contributed by atoms with Gasteiger partial charge in [-0.1, -0.05) is 12.1 Å². The summed E-state index contributed by atoms with van der Waals surface area (Å²) in [4.78, 5) is 15.9. The van der Waals surface area contributed by atoms with Crippen LogP contribution in [0.3, 0.4) is 0 Å². The highest BCUT2D eigenvalue weighted by Crippen LogP contribution is 2.07. The summed E-state index contributed by atoms with van der Waals surface area (Å²) in [6.45, 7) is 0.310. The van der Waals surface area contributed by atoms with Crippen molar-refractivity contribution < 1.29 is 4.79 Å². The fraction of sp³-hybridized carbons (Fsp3) is 0.250. The van der Waals surface area contributed by atoms with Gasteiger partial charge in [-0.2, -0.15) is 5.10 Å². The Morgan fingerprint density at radius 2 is 2.33 bits per heavy atom. The third-order valence-electron chi connectivity index (χ3n) is 2.40. The zero-order valence-corrected chi connectivity index (χ0v) is 10.7. The van der Waals surface area contributed by atoms with Gasteiger partial charge in [0.15, 0.2) is 5.82 Å². The molecule has 2 rings (SSSR count). The number of hydrogen-bond donors (Lipinski definition) is 1. The third kappa shape index (κ3) is 3.07. The van der Waals surface area contributed by atoms with E-state index in [2.05, 4.69) is 15.4 Å². The fourth-order valence-corrected chi connectivity index (χ4v) is 1.69. The largest absolute Gasteiger partial charge is 0.345 e. The molecule has 0 aliphatic carbocycles. The van der Waals surface area contributed by atoms with Gasteiger partial charge in [-0.3, -0.25) is 9.48 Å².